The van der Waals surface area contributed by atoms with Gasteiger partial charge in [0.25, 0.3) is 0 Å². The molecule has 0 bridgehead atoms. The molecule has 0 aromatic carbocycles. The van der Waals surface area contributed by atoms with Gasteiger partial charge in [-0.05, 0) is 6.42 Å². The van der Waals surface area contributed by atoms with Crippen molar-refractivity contribution in [3.05, 3.63) is 22.0 Å². The molecular weight excluding hydrogens is 296 g/mol. The van der Waals surface area contributed by atoms with Gasteiger partial charge < -0.3 is 19.9 Å². The smallest absolute Gasteiger partial charge is 0.404 e. The van der Waals surface area contributed by atoms with Crippen LogP contribution in [0.25, 0.3) is 0 Å². The summed E-state index contributed by atoms with van der Waals surface area (Å²) < 4.78 is 12.4. The molecule has 1 aliphatic rings. The summed E-state index contributed by atoms with van der Waals surface area (Å²) in [4.78, 5) is 21.4. The fourth-order valence-corrected chi connectivity index (χ4v) is 2.69. The molecule has 0 radical (unpaired) electrons. The van der Waals surface area contributed by atoms with Gasteiger partial charge in [0.15, 0.2) is 0 Å². The molecule has 2 rings (SSSR count). The highest BCUT2D eigenvalue weighted by atomic mass is 16.6. The number of carboxylic acid groups (broad SMARTS) is 1. The van der Waals surface area contributed by atoms with Gasteiger partial charge in [0.2, 0.25) is 0 Å². The van der Waals surface area contributed by atoms with Crippen molar-refractivity contribution in [3.8, 4) is 0 Å². The molecule has 1 saturated heterocycles. The number of nitrogens with one attached hydrogen (secondary N) is 1. The summed E-state index contributed by atoms with van der Waals surface area (Å²) in [7, 11) is 3.08. The van der Waals surface area contributed by atoms with E-state index in [1.54, 1.807) is 7.05 Å². The summed E-state index contributed by atoms with van der Waals surface area (Å²) in [6.45, 7) is 0.262. The van der Waals surface area contributed by atoms with Crippen molar-refractivity contribution in [3.63, 3.8) is 0 Å². The van der Waals surface area contributed by atoms with Crippen LogP contribution in [0.3, 0.4) is 0 Å². The Bertz CT molecular complexity index is 560. The van der Waals surface area contributed by atoms with E-state index in [4.69, 9.17) is 14.6 Å². The summed E-state index contributed by atoms with van der Waals surface area (Å²) in [5.41, 5.74) is 0.232. The minimum Gasteiger partial charge on any atom is -0.465 e. The number of nitrogens with zero attached hydrogens (tertiary/aromatic N) is 3. The third-order valence-electron chi connectivity index (χ3n) is 3.72. The number of hydrogen-bond acceptors (Lipinski definition) is 6. The van der Waals surface area contributed by atoms with E-state index in [2.05, 4.69) is 10.4 Å². The van der Waals surface area contributed by atoms with Crippen LogP contribution in [0.2, 0.25) is 0 Å². The largest absolute Gasteiger partial charge is 0.465 e. The maximum Gasteiger partial charge on any atom is 0.404 e. The van der Waals surface area contributed by atoms with E-state index >= 15 is 0 Å². The summed E-state index contributed by atoms with van der Waals surface area (Å²) in [5, 5.41) is 26.3. The van der Waals surface area contributed by atoms with E-state index < -0.39 is 29.3 Å². The molecule has 2 N–H and O–H groups in total. The van der Waals surface area contributed by atoms with Gasteiger partial charge in [0, 0.05) is 27.2 Å². The highest BCUT2D eigenvalue weighted by Crippen LogP contribution is 2.33. The zero-order valence-electron chi connectivity index (χ0n) is 12.3. The number of rotatable bonds is 4. The van der Waals surface area contributed by atoms with Crippen molar-refractivity contribution < 1.29 is 24.3 Å². The van der Waals surface area contributed by atoms with Gasteiger partial charge in [-0.15, -0.1) is 0 Å². The zero-order valence-corrected chi connectivity index (χ0v) is 12.3. The highest BCUT2D eigenvalue weighted by molar-refractivity contribution is 5.64. The molecule has 2 heterocycles. The molecule has 1 aromatic rings. The van der Waals surface area contributed by atoms with Crippen molar-refractivity contribution >= 4 is 11.8 Å². The Morgan fingerprint density at radius 1 is 1.68 bits per heavy atom. The molecule has 0 saturated carbocycles. The first-order valence-electron chi connectivity index (χ1n) is 6.74. The minimum absolute atomic E-state index is 0.119. The Morgan fingerprint density at radius 3 is 3.00 bits per heavy atom. The standard InChI is InChI=1S/C12H18N4O6/c1-15-11(8(6-13-15)16(19)20)10-5-9(21-2)7(3-4-22-10)14-12(17)18/h6-7,9-10,14H,3-5H2,1-2H3,(H,17,18). The first-order valence-corrected chi connectivity index (χ1v) is 6.74. The quantitative estimate of drug-likeness (QED) is 0.622. The molecule has 10 nitrogen and oxygen atoms in total. The van der Waals surface area contributed by atoms with E-state index in [9.17, 15) is 14.9 Å². The highest BCUT2D eigenvalue weighted by Gasteiger charge is 2.35. The van der Waals surface area contributed by atoms with Crippen LogP contribution < -0.4 is 5.32 Å². The normalized spacial score (nSPS) is 25.5. The first kappa shape index (κ1) is 16.2. The van der Waals surface area contributed by atoms with Crippen LogP contribution in [0, 0.1) is 10.1 Å². The second-order valence-corrected chi connectivity index (χ2v) is 5.01. The average Bonchev–Trinajstić information content (AvgIpc) is 2.72. The second kappa shape index (κ2) is 6.71. The van der Waals surface area contributed by atoms with Gasteiger partial charge in [-0.3, -0.25) is 14.8 Å². The minimum atomic E-state index is -1.14. The van der Waals surface area contributed by atoms with Gasteiger partial charge in [0.05, 0.1) is 17.1 Å². The molecule has 3 atom stereocenters. The number of hydrogen-bond donors (Lipinski definition) is 2. The van der Waals surface area contributed by atoms with Gasteiger partial charge in [-0.25, -0.2) is 4.79 Å². The molecule has 1 aliphatic heterocycles. The topological polar surface area (TPSA) is 129 Å². The van der Waals surface area contributed by atoms with Crippen molar-refractivity contribution in [2.75, 3.05) is 13.7 Å². The SMILES string of the molecule is COC1CC(c2c([N+](=O)[O-])cnn2C)OCCC1NC(=O)O. The third-order valence-corrected chi connectivity index (χ3v) is 3.72. The molecule has 122 valence electrons. The molecule has 22 heavy (non-hydrogen) atoms. The van der Waals surface area contributed by atoms with Crippen LogP contribution in [0.15, 0.2) is 6.20 Å². The lowest BCUT2D eigenvalue weighted by molar-refractivity contribution is -0.386. The number of aromatic nitrogens is 2. The molecule has 1 amide bonds. The van der Waals surface area contributed by atoms with Crippen LogP contribution in [0.4, 0.5) is 10.5 Å². The average molecular weight is 314 g/mol. The number of methoxy groups -OCH3 is 1. The fourth-order valence-electron chi connectivity index (χ4n) is 2.69. The van der Waals surface area contributed by atoms with Crippen molar-refractivity contribution in [2.24, 2.45) is 7.05 Å². The van der Waals surface area contributed by atoms with Crippen molar-refractivity contribution in [1.29, 1.82) is 0 Å². The third kappa shape index (κ3) is 3.34. The molecule has 0 spiro atoms. The summed E-state index contributed by atoms with van der Waals surface area (Å²) in [6, 6.07) is -0.431. The van der Waals surface area contributed by atoms with Gasteiger partial charge in [-0.1, -0.05) is 0 Å². The van der Waals surface area contributed by atoms with Crippen LogP contribution >= 0.6 is 0 Å². The Labute approximate surface area is 126 Å². The predicted octanol–water partition coefficient (Wildman–Crippen LogP) is 0.831. The van der Waals surface area contributed by atoms with Gasteiger partial charge >= 0.3 is 11.8 Å². The van der Waals surface area contributed by atoms with Gasteiger partial charge in [0.1, 0.15) is 18.0 Å². The molecule has 10 heteroatoms. The Hall–Kier alpha value is -2.20. The predicted molar refractivity (Wildman–Crippen MR) is 73.5 cm³/mol. The fraction of sp³-hybridized carbons (Fsp3) is 0.667. The summed E-state index contributed by atoms with van der Waals surface area (Å²) in [6.07, 6.45) is -0.277. The van der Waals surface area contributed by atoms with Crippen LogP contribution in [-0.4, -0.2) is 51.8 Å². The molecule has 1 aromatic heterocycles. The van der Waals surface area contributed by atoms with E-state index in [-0.39, 0.29) is 12.3 Å². The molecular formula is C12H18N4O6. The summed E-state index contributed by atoms with van der Waals surface area (Å²) in [5.74, 6) is 0. The zero-order chi connectivity index (χ0) is 16.3. The van der Waals surface area contributed by atoms with Crippen LogP contribution in [0.1, 0.15) is 24.6 Å². The lowest BCUT2D eigenvalue weighted by Gasteiger charge is -2.24. The van der Waals surface area contributed by atoms with E-state index in [1.807, 2.05) is 0 Å². The first-order chi connectivity index (χ1) is 10.4. The number of nitro groups is 1. The van der Waals surface area contributed by atoms with Crippen molar-refractivity contribution in [2.45, 2.75) is 31.1 Å². The van der Waals surface area contributed by atoms with E-state index in [0.717, 1.165) is 0 Å². The van der Waals surface area contributed by atoms with Gasteiger partial charge in [-0.2, -0.15) is 5.10 Å². The number of ether oxygens (including phenoxy) is 2. The summed E-state index contributed by atoms with van der Waals surface area (Å²) >= 11 is 0. The van der Waals surface area contributed by atoms with Crippen LogP contribution in [0.5, 0.6) is 0 Å². The van der Waals surface area contributed by atoms with Crippen LogP contribution in [-0.2, 0) is 16.5 Å². The Kier molecular flexibility index (Phi) is 4.93. The van der Waals surface area contributed by atoms with E-state index in [1.165, 1.54) is 18.0 Å². The lowest BCUT2D eigenvalue weighted by atomic mass is 10.0. The number of carbonyl (C=O) groups is 1. The number of amides is 1. The molecule has 1 fully saturated rings. The molecule has 3 unspecified atom stereocenters. The van der Waals surface area contributed by atoms with E-state index in [0.29, 0.717) is 18.5 Å². The second-order valence-electron chi connectivity index (χ2n) is 5.01. The number of aryl methyl sites for hydroxylation is 1. The maximum atomic E-state index is 11.1. The Morgan fingerprint density at radius 2 is 2.41 bits per heavy atom. The Balaban J connectivity index is 2.25. The van der Waals surface area contributed by atoms with Crippen molar-refractivity contribution in [1.82, 2.24) is 15.1 Å². The molecule has 0 aliphatic carbocycles. The monoisotopic (exact) mass is 314 g/mol. The lowest BCUT2D eigenvalue weighted by Crippen LogP contribution is -2.43. The maximum absolute atomic E-state index is 11.1.